The van der Waals surface area contributed by atoms with Crippen molar-refractivity contribution in [1.29, 1.82) is 0 Å². The van der Waals surface area contributed by atoms with Crippen LogP contribution in [0.15, 0.2) is 30.9 Å². The Morgan fingerprint density at radius 1 is 1.52 bits per heavy atom. The molecule has 0 bridgehead atoms. The van der Waals surface area contributed by atoms with Crippen molar-refractivity contribution < 1.29 is 24.1 Å². The molecule has 0 saturated heterocycles. The highest BCUT2D eigenvalue weighted by molar-refractivity contribution is 5.86. The van der Waals surface area contributed by atoms with Crippen LogP contribution in [0.3, 0.4) is 0 Å². The molecule has 1 atom stereocenters. The van der Waals surface area contributed by atoms with E-state index in [2.05, 4.69) is 6.58 Å². The average Bonchev–Trinajstić information content (AvgIpc) is 2.93. The number of fused-ring (bicyclic) bond motifs is 1. The number of amides is 1. The smallest absolute Gasteiger partial charge is 0.245 e. The third-order valence-corrected chi connectivity index (χ3v) is 3.05. The molecule has 6 heteroatoms. The van der Waals surface area contributed by atoms with Gasteiger partial charge in [0.1, 0.15) is 0 Å². The van der Waals surface area contributed by atoms with Crippen molar-refractivity contribution in [2.45, 2.75) is 12.7 Å². The molecule has 0 unspecified atom stereocenters. The van der Waals surface area contributed by atoms with E-state index in [0.29, 0.717) is 12.4 Å². The molecule has 0 aliphatic carbocycles. The molecule has 0 saturated carbocycles. The van der Waals surface area contributed by atoms with E-state index in [9.17, 15) is 9.90 Å². The molecule has 21 heavy (non-hydrogen) atoms. The molecule has 0 spiro atoms. The van der Waals surface area contributed by atoms with Crippen LogP contribution in [0.25, 0.3) is 0 Å². The minimum atomic E-state index is -0.743. The molecule has 1 amide bonds. The molecule has 1 aromatic carbocycles. The Labute approximate surface area is 123 Å². The fourth-order valence-electron chi connectivity index (χ4n) is 1.96. The summed E-state index contributed by atoms with van der Waals surface area (Å²) in [5.41, 5.74) is 0.932. The Hall–Kier alpha value is -2.05. The second-order valence-electron chi connectivity index (χ2n) is 4.78. The van der Waals surface area contributed by atoms with Gasteiger partial charge >= 0.3 is 0 Å². The first-order chi connectivity index (χ1) is 10.1. The zero-order valence-electron chi connectivity index (χ0n) is 11.9. The number of likely N-dealkylation sites (N-methyl/N-ethyl adjacent to an activating group) is 1. The summed E-state index contributed by atoms with van der Waals surface area (Å²) in [6.45, 7) is 4.33. The molecule has 1 N–H and O–H groups in total. The number of aliphatic hydroxyl groups excluding tert-OH is 1. The second-order valence-corrected chi connectivity index (χ2v) is 4.78. The zero-order chi connectivity index (χ0) is 15.2. The van der Waals surface area contributed by atoms with Gasteiger partial charge in [0.05, 0.1) is 19.3 Å². The second kappa shape index (κ2) is 7.10. The molecular formula is C15H19NO5. The van der Waals surface area contributed by atoms with E-state index in [4.69, 9.17) is 14.2 Å². The third kappa shape index (κ3) is 4.21. The van der Waals surface area contributed by atoms with Crippen LogP contribution in [-0.2, 0) is 16.1 Å². The van der Waals surface area contributed by atoms with Crippen LogP contribution >= 0.6 is 0 Å². The van der Waals surface area contributed by atoms with E-state index in [1.54, 1.807) is 7.05 Å². The third-order valence-electron chi connectivity index (χ3n) is 3.05. The lowest BCUT2D eigenvalue weighted by Gasteiger charge is -2.19. The summed E-state index contributed by atoms with van der Waals surface area (Å²) in [6.07, 6.45) is 0.466. The summed E-state index contributed by atoms with van der Waals surface area (Å²) in [7, 11) is 1.60. The van der Waals surface area contributed by atoms with E-state index in [1.165, 1.54) is 11.0 Å². The fraction of sp³-hybridized carbons (Fsp3) is 0.400. The topological polar surface area (TPSA) is 68.2 Å². The van der Waals surface area contributed by atoms with Crippen molar-refractivity contribution in [2.24, 2.45) is 0 Å². The monoisotopic (exact) mass is 293 g/mol. The Morgan fingerprint density at radius 3 is 3.05 bits per heavy atom. The van der Waals surface area contributed by atoms with E-state index in [-0.39, 0.29) is 25.9 Å². The van der Waals surface area contributed by atoms with Crippen molar-refractivity contribution in [1.82, 2.24) is 4.90 Å². The fourth-order valence-corrected chi connectivity index (χ4v) is 1.96. The largest absolute Gasteiger partial charge is 0.454 e. The summed E-state index contributed by atoms with van der Waals surface area (Å²) in [5, 5.41) is 9.80. The number of hydrogen-bond donors (Lipinski definition) is 1. The number of benzene rings is 1. The summed E-state index contributed by atoms with van der Waals surface area (Å²) < 4.78 is 15.9. The summed E-state index contributed by atoms with van der Waals surface area (Å²) in [5.74, 6) is 1.20. The van der Waals surface area contributed by atoms with Gasteiger partial charge in [0.2, 0.25) is 12.7 Å². The van der Waals surface area contributed by atoms with Crippen molar-refractivity contribution in [2.75, 3.05) is 27.0 Å². The van der Waals surface area contributed by atoms with Crippen LogP contribution in [0.2, 0.25) is 0 Å². The Morgan fingerprint density at radius 2 is 2.29 bits per heavy atom. The molecule has 1 aromatic rings. The number of ether oxygens (including phenoxy) is 3. The molecule has 1 heterocycles. The Balaban J connectivity index is 1.74. The normalized spacial score (nSPS) is 13.8. The van der Waals surface area contributed by atoms with Crippen molar-refractivity contribution in [3.05, 3.63) is 36.4 Å². The number of hydrogen-bond acceptors (Lipinski definition) is 5. The maximum atomic E-state index is 11.3. The van der Waals surface area contributed by atoms with E-state index in [1.807, 2.05) is 18.2 Å². The van der Waals surface area contributed by atoms with Gasteiger partial charge in [-0.1, -0.05) is 12.6 Å². The van der Waals surface area contributed by atoms with Crippen molar-refractivity contribution in [3.63, 3.8) is 0 Å². The van der Waals surface area contributed by atoms with Gasteiger partial charge in [0.25, 0.3) is 0 Å². The van der Waals surface area contributed by atoms with Crippen LogP contribution in [0.4, 0.5) is 0 Å². The number of aliphatic hydroxyl groups is 1. The summed E-state index contributed by atoms with van der Waals surface area (Å²) in [6, 6.07) is 5.56. The van der Waals surface area contributed by atoms with Gasteiger partial charge in [-0.15, -0.1) is 0 Å². The first kappa shape index (κ1) is 15.3. The van der Waals surface area contributed by atoms with Gasteiger partial charge in [-0.05, 0) is 23.8 Å². The molecule has 0 fully saturated rings. The van der Waals surface area contributed by atoms with E-state index >= 15 is 0 Å². The Bertz CT molecular complexity index is 517. The van der Waals surface area contributed by atoms with E-state index < -0.39 is 6.10 Å². The van der Waals surface area contributed by atoms with Crippen LogP contribution < -0.4 is 9.47 Å². The molecule has 2 rings (SSSR count). The SMILES string of the molecule is C=CC(=O)N(C)C[C@@H](O)COCc1ccc2c(c1)OCO2. The molecular weight excluding hydrogens is 274 g/mol. The van der Waals surface area contributed by atoms with Gasteiger partial charge < -0.3 is 24.2 Å². The molecule has 0 aromatic heterocycles. The van der Waals surface area contributed by atoms with Gasteiger partial charge in [0.15, 0.2) is 11.5 Å². The zero-order valence-corrected chi connectivity index (χ0v) is 11.9. The minimum absolute atomic E-state index is 0.142. The molecule has 1 aliphatic heterocycles. The first-order valence-corrected chi connectivity index (χ1v) is 6.62. The van der Waals surface area contributed by atoms with Crippen LogP contribution in [0.1, 0.15) is 5.56 Å². The minimum Gasteiger partial charge on any atom is -0.454 e. The quantitative estimate of drug-likeness (QED) is 0.758. The maximum Gasteiger partial charge on any atom is 0.245 e. The highest BCUT2D eigenvalue weighted by atomic mass is 16.7. The standard InChI is InChI=1S/C15H19NO5/c1-3-15(18)16(2)7-12(17)9-19-8-11-4-5-13-14(6-11)21-10-20-13/h3-6,12,17H,1,7-10H2,2H3/t12-/m1/s1. The molecule has 6 nitrogen and oxygen atoms in total. The predicted octanol–water partition coefficient (Wildman–Crippen LogP) is 0.937. The van der Waals surface area contributed by atoms with Gasteiger partial charge in [-0.25, -0.2) is 0 Å². The lowest BCUT2D eigenvalue weighted by atomic mass is 10.2. The number of rotatable bonds is 7. The number of carbonyl (C=O) groups excluding carboxylic acids is 1. The van der Waals surface area contributed by atoms with Gasteiger partial charge in [0, 0.05) is 13.6 Å². The summed E-state index contributed by atoms with van der Waals surface area (Å²) in [4.78, 5) is 12.7. The molecule has 1 aliphatic rings. The van der Waals surface area contributed by atoms with Crippen molar-refractivity contribution >= 4 is 5.91 Å². The van der Waals surface area contributed by atoms with Crippen LogP contribution in [0.5, 0.6) is 11.5 Å². The number of carbonyl (C=O) groups is 1. The predicted molar refractivity (Wildman–Crippen MR) is 76.1 cm³/mol. The van der Waals surface area contributed by atoms with Crippen molar-refractivity contribution in [3.8, 4) is 11.5 Å². The van der Waals surface area contributed by atoms with Crippen LogP contribution in [-0.4, -0.2) is 49.0 Å². The molecule has 114 valence electrons. The average molecular weight is 293 g/mol. The van der Waals surface area contributed by atoms with Gasteiger partial charge in [-0.2, -0.15) is 0 Å². The van der Waals surface area contributed by atoms with Gasteiger partial charge in [-0.3, -0.25) is 4.79 Å². The highest BCUT2D eigenvalue weighted by Gasteiger charge is 2.14. The van der Waals surface area contributed by atoms with Crippen LogP contribution in [0, 0.1) is 0 Å². The lowest BCUT2D eigenvalue weighted by Crippen LogP contribution is -2.35. The Kier molecular flexibility index (Phi) is 5.19. The highest BCUT2D eigenvalue weighted by Crippen LogP contribution is 2.32. The lowest BCUT2D eigenvalue weighted by molar-refractivity contribution is -0.126. The first-order valence-electron chi connectivity index (χ1n) is 6.62. The van der Waals surface area contributed by atoms with E-state index in [0.717, 1.165) is 11.3 Å². The summed E-state index contributed by atoms with van der Waals surface area (Å²) >= 11 is 0. The molecule has 0 radical (unpaired) electrons. The maximum absolute atomic E-state index is 11.3. The number of nitrogens with zero attached hydrogens (tertiary/aromatic N) is 1.